The number of nitrogens with two attached hydrogens (primary N) is 1. The minimum atomic E-state index is -2.85. The molecule has 0 fully saturated rings. The van der Waals surface area contributed by atoms with Crippen molar-refractivity contribution in [3.8, 4) is 0 Å². The maximum atomic E-state index is 7.21. The highest BCUT2D eigenvalue weighted by molar-refractivity contribution is 5.99. The molecule has 1 aliphatic rings. The Balaban J connectivity index is 3.10. The van der Waals surface area contributed by atoms with Crippen LogP contribution in [-0.4, -0.2) is 36.9 Å². The van der Waals surface area contributed by atoms with E-state index in [1.54, 1.807) is 6.92 Å². The summed E-state index contributed by atoms with van der Waals surface area (Å²) < 4.78 is 43.3. The normalized spacial score (nSPS) is 33.7. The molecule has 1 aliphatic heterocycles. The molecule has 1 rings (SSSR count). The van der Waals surface area contributed by atoms with Crippen LogP contribution in [0.5, 0.6) is 0 Å². The lowest BCUT2D eigenvalue weighted by molar-refractivity contribution is 0.581. The van der Waals surface area contributed by atoms with E-state index < -0.39 is 20.1 Å². The first-order chi connectivity index (χ1) is 7.51. The summed E-state index contributed by atoms with van der Waals surface area (Å²) in [6.07, 6.45) is -0.626. The number of hydrogen-bond donors (Lipinski definition) is 2. The molecule has 62 valence electrons. The minimum Gasteiger partial charge on any atom is -0.370 e. The Morgan fingerprint density at radius 3 is 2.91 bits per heavy atom. The quantitative estimate of drug-likeness (QED) is 0.487. The molecule has 5 heteroatoms. The van der Waals surface area contributed by atoms with Gasteiger partial charge in [0.25, 0.3) is 0 Å². The maximum absolute atomic E-state index is 7.21. The smallest absolute Gasteiger partial charge is 0.202 e. The van der Waals surface area contributed by atoms with Crippen molar-refractivity contribution in [2.24, 2.45) is 15.7 Å². The molecule has 3 N–H and O–H groups in total. The van der Waals surface area contributed by atoms with Gasteiger partial charge in [0, 0.05) is 22.2 Å². The highest BCUT2D eigenvalue weighted by atomic mass is 15.4. The van der Waals surface area contributed by atoms with Gasteiger partial charge in [-0.3, -0.25) is 5.32 Å². The molecule has 5 nitrogen and oxygen atoms in total. The van der Waals surface area contributed by atoms with E-state index in [-0.39, 0.29) is 16.8 Å². The van der Waals surface area contributed by atoms with Crippen molar-refractivity contribution in [2.75, 3.05) is 14.0 Å². The van der Waals surface area contributed by atoms with Gasteiger partial charge in [0.1, 0.15) is 6.17 Å². The van der Waals surface area contributed by atoms with E-state index in [2.05, 4.69) is 15.3 Å². The van der Waals surface area contributed by atoms with Crippen LogP contribution in [0.4, 0.5) is 0 Å². The molecule has 11 heavy (non-hydrogen) atoms. The Hall–Kier alpha value is -1.26. The largest absolute Gasteiger partial charge is 0.370 e. The molecule has 0 aromatic carbocycles. The van der Waals surface area contributed by atoms with Crippen molar-refractivity contribution in [2.45, 2.75) is 13.1 Å². The second kappa shape index (κ2) is 2.77. The fourth-order valence-electron chi connectivity index (χ4n) is 0.700. The third kappa shape index (κ3) is 1.83. The Labute approximate surface area is 74.4 Å². The van der Waals surface area contributed by atoms with Gasteiger partial charge in [-0.2, -0.15) is 0 Å². The molecular weight excluding hydrogens is 142 g/mol. The second-order valence-corrected chi connectivity index (χ2v) is 2.06. The van der Waals surface area contributed by atoms with Gasteiger partial charge in [-0.15, -0.1) is 0 Å². The highest BCUT2D eigenvalue weighted by Crippen LogP contribution is 1.97. The second-order valence-electron chi connectivity index (χ2n) is 2.06. The summed E-state index contributed by atoms with van der Waals surface area (Å²) in [7, 11) is 0. The molecule has 0 saturated carbocycles. The van der Waals surface area contributed by atoms with Gasteiger partial charge in [0.05, 0.1) is 0 Å². The predicted octanol–water partition coefficient (Wildman–Crippen LogP) is -0.832. The molecule has 0 radical (unpaired) electrons. The third-order valence-electron chi connectivity index (χ3n) is 1.09. The molecule has 0 amide bonds. The first-order valence-corrected chi connectivity index (χ1v) is 3.00. The zero-order chi connectivity index (χ0) is 13.4. The van der Waals surface area contributed by atoms with Crippen LogP contribution < -0.4 is 11.1 Å². The van der Waals surface area contributed by atoms with E-state index in [9.17, 15) is 0 Å². The van der Waals surface area contributed by atoms with Crippen molar-refractivity contribution < 1.29 is 8.22 Å². The van der Waals surface area contributed by atoms with Gasteiger partial charge in [0.15, 0.2) is 5.96 Å². The van der Waals surface area contributed by atoms with E-state index in [4.69, 9.17) is 14.0 Å². The number of nitrogens with zero attached hydrogens (tertiary/aromatic N) is 3. The summed E-state index contributed by atoms with van der Waals surface area (Å²) in [5.74, 6) is -0.397. The zero-order valence-corrected chi connectivity index (χ0v) is 6.00. The van der Waals surface area contributed by atoms with E-state index in [0.717, 1.165) is 0 Å². The van der Waals surface area contributed by atoms with Crippen molar-refractivity contribution in [3.05, 3.63) is 0 Å². The van der Waals surface area contributed by atoms with Gasteiger partial charge in [-0.1, -0.05) is 0 Å². The van der Waals surface area contributed by atoms with Crippen LogP contribution in [0.3, 0.4) is 0 Å². The Morgan fingerprint density at radius 2 is 2.36 bits per heavy atom. The van der Waals surface area contributed by atoms with E-state index in [0.29, 0.717) is 0 Å². The molecule has 0 aromatic heterocycles. The number of nitrogens with one attached hydrogen (secondary N) is 1. The van der Waals surface area contributed by atoms with Crippen LogP contribution in [0.25, 0.3) is 0 Å². The average molecular weight is 161 g/mol. The lowest BCUT2D eigenvalue weighted by Gasteiger charge is -2.21. The Kier molecular flexibility index (Phi) is 0.757. The summed E-state index contributed by atoms with van der Waals surface area (Å²) in [4.78, 5) is 7.83. The molecular formula is C6H13N5. The van der Waals surface area contributed by atoms with Crippen molar-refractivity contribution in [1.82, 2.24) is 10.2 Å². The van der Waals surface area contributed by atoms with E-state index in [1.165, 1.54) is 0 Å². The fraction of sp³-hybridized carbons (Fsp3) is 0.667. The Bertz CT molecular complexity index is 341. The third-order valence-corrected chi connectivity index (χ3v) is 1.09. The van der Waals surface area contributed by atoms with Crippen LogP contribution in [0.15, 0.2) is 9.98 Å². The zero-order valence-electron chi connectivity index (χ0n) is 12.0. The summed E-state index contributed by atoms with van der Waals surface area (Å²) in [5.41, 5.74) is 5.40. The Morgan fingerprint density at radius 1 is 1.64 bits per heavy atom. The van der Waals surface area contributed by atoms with E-state index >= 15 is 0 Å². The predicted molar refractivity (Wildman–Crippen MR) is 45.3 cm³/mol. The minimum absolute atomic E-state index is 0.0685. The SMILES string of the molecule is [2H]C([2H])([2H])N(C1=N[C@H](C)N=C(N)N1)C([2H])([2H])[2H]. The van der Waals surface area contributed by atoms with E-state index in [1.807, 2.05) is 0 Å². The van der Waals surface area contributed by atoms with Gasteiger partial charge < -0.3 is 10.6 Å². The molecule has 0 aliphatic carbocycles. The van der Waals surface area contributed by atoms with Gasteiger partial charge >= 0.3 is 0 Å². The number of rotatable bonds is 0. The standard InChI is InChI=1S/C6H13N5/c1-4-8-5(7)10-6(9-4)11(2)3/h4H,1-3H3,(H3,7,8,9,10)/t4-/m1/s1/i2D3,3D3. The van der Waals surface area contributed by atoms with Crippen LogP contribution >= 0.6 is 0 Å². The topological polar surface area (TPSA) is 66.0 Å². The van der Waals surface area contributed by atoms with Gasteiger partial charge in [-0.05, 0) is 6.92 Å². The summed E-state index contributed by atoms with van der Waals surface area (Å²) >= 11 is 0. The summed E-state index contributed by atoms with van der Waals surface area (Å²) in [5, 5.41) is 2.34. The number of guanidine groups is 2. The molecule has 0 aromatic rings. The van der Waals surface area contributed by atoms with Crippen LogP contribution in [-0.2, 0) is 0 Å². The lowest BCUT2D eigenvalue weighted by atomic mass is 10.5. The maximum Gasteiger partial charge on any atom is 0.202 e. The van der Waals surface area contributed by atoms with Crippen molar-refractivity contribution >= 4 is 11.9 Å². The fourth-order valence-corrected chi connectivity index (χ4v) is 0.700. The molecule has 1 heterocycles. The highest BCUT2D eigenvalue weighted by Gasteiger charge is 2.11. The molecule has 0 saturated heterocycles. The average Bonchev–Trinajstić information content (AvgIpc) is 1.93. The van der Waals surface area contributed by atoms with Crippen LogP contribution in [0, 0.1) is 0 Å². The van der Waals surface area contributed by atoms with Gasteiger partial charge in [0.2, 0.25) is 5.96 Å². The number of aliphatic imine (C=N–C) groups is 2. The van der Waals surface area contributed by atoms with Crippen LogP contribution in [0.1, 0.15) is 15.1 Å². The molecule has 0 spiro atoms. The first-order valence-electron chi connectivity index (χ1n) is 6.00. The monoisotopic (exact) mass is 161 g/mol. The lowest BCUT2D eigenvalue weighted by Crippen LogP contribution is -2.47. The van der Waals surface area contributed by atoms with Gasteiger partial charge in [-0.25, -0.2) is 9.98 Å². The first kappa shape index (κ1) is 3.00. The van der Waals surface area contributed by atoms with Crippen LogP contribution in [0.2, 0.25) is 0 Å². The summed E-state index contributed by atoms with van der Waals surface area (Å²) in [6.45, 7) is -4.15. The molecule has 1 atom stereocenters. The van der Waals surface area contributed by atoms with Crippen molar-refractivity contribution in [3.63, 3.8) is 0 Å². The number of hydrogen-bond acceptors (Lipinski definition) is 5. The molecule has 0 unspecified atom stereocenters. The summed E-state index contributed by atoms with van der Waals surface area (Å²) in [6, 6.07) is 0. The molecule has 0 bridgehead atoms. The van der Waals surface area contributed by atoms with Crippen molar-refractivity contribution in [1.29, 1.82) is 0 Å².